The first-order chi connectivity index (χ1) is 8.60. The van der Waals surface area contributed by atoms with Crippen LogP contribution in [0.15, 0.2) is 0 Å². The number of ether oxygens (including phenoxy) is 1. The van der Waals surface area contributed by atoms with Crippen LogP contribution in [0.2, 0.25) is 0 Å². The van der Waals surface area contributed by atoms with E-state index >= 15 is 0 Å². The van der Waals surface area contributed by atoms with Crippen molar-refractivity contribution >= 4 is 5.97 Å². The predicted molar refractivity (Wildman–Crippen MR) is 73.6 cm³/mol. The van der Waals surface area contributed by atoms with E-state index in [-0.39, 0.29) is 12.0 Å². The molecule has 1 unspecified atom stereocenters. The highest BCUT2D eigenvalue weighted by Gasteiger charge is 2.30. The maximum absolute atomic E-state index is 12.0. The zero-order chi connectivity index (χ0) is 13.5. The van der Waals surface area contributed by atoms with E-state index in [0.29, 0.717) is 12.6 Å². The number of hydrogen-bond donors (Lipinski definition) is 0. The molecule has 0 aromatic heterocycles. The largest absolute Gasteiger partial charge is 0.465 e. The highest BCUT2D eigenvalue weighted by Crippen LogP contribution is 2.19. The molecule has 1 heterocycles. The molecule has 4 nitrogen and oxygen atoms in total. The Hall–Kier alpha value is -0.610. The number of carbonyl (C=O) groups is 1. The van der Waals surface area contributed by atoms with Crippen molar-refractivity contribution < 1.29 is 9.53 Å². The standard InChI is InChI=1S/C14H28N2O2/c1-5-7-13(14(17)18-6-2)16(4)12-8-10-15(3)11-9-12/h12-13H,5-11H2,1-4H3. The van der Waals surface area contributed by atoms with Gasteiger partial charge in [0.15, 0.2) is 0 Å². The second-order valence-corrected chi connectivity index (χ2v) is 5.26. The van der Waals surface area contributed by atoms with Crippen LogP contribution >= 0.6 is 0 Å². The number of carbonyl (C=O) groups excluding carboxylic acids is 1. The Morgan fingerprint density at radius 3 is 2.50 bits per heavy atom. The number of hydrogen-bond acceptors (Lipinski definition) is 4. The molecule has 0 aromatic rings. The molecule has 1 aliphatic rings. The summed E-state index contributed by atoms with van der Waals surface area (Å²) in [5.74, 6) is -0.0548. The van der Waals surface area contributed by atoms with Crippen LogP contribution in [-0.2, 0) is 9.53 Å². The molecule has 1 saturated heterocycles. The van der Waals surface area contributed by atoms with Gasteiger partial charge in [-0.25, -0.2) is 0 Å². The van der Waals surface area contributed by atoms with Crippen molar-refractivity contribution in [2.45, 2.75) is 51.6 Å². The van der Waals surface area contributed by atoms with Gasteiger partial charge in [-0.05, 0) is 53.4 Å². The first-order valence-electron chi connectivity index (χ1n) is 7.17. The summed E-state index contributed by atoms with van der Waals surface area (Å²) < 4.78 is 5.20. The van der Waals surface area contributed by atoms with Crippen LogP contribution in [0.25, 0.3) is 0 Å². The van der Waals surface area contributed by atoms with Crippen LogP contribution in [-0.4, -0.2) is 61.6 Å². The monoisotopic (exact) mass is 256 g/mol. The third kappa shape index (κ3) is 4.25. The Morgan fingerprint density at radius 1 is 1.39 bits per heavy atom. The van der Waals surface area contributed by atoms with Crippen LogP contribution in [0, 0.1) is 0 Å². The molecular formula is C14H28N2O2. The lowest BCUT2D eigenvalue weighted by Crippen LogP contribution is -2.49. The van der Waals surface area contributed by atoms with E-state index < -0.39 is 0 Å². The van der Waals surface area contributed by atoms with E-state index in [4.69, 9.17) is 4.74 Å². The van der Waals surface area contributed by atoms with E-state index in [1.807, 2.05) is 6.92 Å². The molecule has 0 N–H and O–H groups in total. The van der Waals surface area contributed by atoms with Crippen LogP contribution in [0.3, 0.4) is 0 Å². The summed E-state index contributed by atoms with van der Waals surface area (Å²) in [7, 11) is 4.23. The molecule has 0 aliphatic carbocycles. The van der Waals surface area contributed by atoms with Gasteiger partial charge in [0.1, 0.15) is 6.04 Å². The van der Waals surface area contributed by atoms with Crippen molar-refractivity contribution in [3.8, 4) is 0 Å². The summed E-state index contributed by atoms with van der Waals surface area (Å²) in [6.45, 7) is 6.71. The van der Waals surface area contributed by atoms with E-state index in [1.54, 1.807) is 0 Å². The number of likely N-dealkylation sites (tertiary alicyclic amines) is 1. The summed E-state index contributed by atoms with van der Waals surface area (Å²) in [6.07, 6.45) is 4.20. The first kappa shape index (κ1) is 15.4. The highest BCUT2D eigenvalue weighted by atomic mass is 16.5. The van der Waals surface area contributed by atoms with Crippen molar-refractivity contribution in [3.05, 3.63) is 0 Å². The molecule has 106 valence electrons. The Kier molecular flexibility index (Phi) is 6.65. The molecule has 1 fully saturated rings. The number of likely N-dealkylation sites (N-methyl/N-ethyl adjacent to an activating group) is 1. The fourth-order valence-electron chi connectivity index (χ4n) is 2.66. The van der Waals surface area contributed by atoms with Gasteiger partial charge in [0.2, 0.25) is 0 Å². The summed E-state index contributed by atoms with van der Waals surface area (Å²) >= 11 is 0. The van der Waals surface area contributed by atoms with Gasteiger partial charge in [0, 0.05) is 6.04 Å². The van der Waals surface area contributed by atoms with Crippen molar-refractivity contribution in [1.29, 1.82) is 0 Å². The molecule has 0 saturated carbocycles. The molecule has 18 heavy (non-hydrogen) atoms. The van der Waals surface area contributed by atoms with Gasteiger partial charge < -0.3 is 9.64 Å². The maximum Gasteiger partial charge on any atom is 0.323 e. The smallest absolute Gasteiger partial charge is 0.323 e. The minimum Gasteiger partial charge on any atom is -0.465 e. The molecule has 0 aromatic carbocycles. The van der Waals surface area contributed by atoms with Gasteiger partial charge in [-0.3, -0.25) is 9.69 Å². The van der Waals surface area contributed by atoms with E-state index in [9.17, 15) is 4.79 Å². The van der Waals surface area contributed by atoms with E-state index in [0.717, 1.165) is 38.8 Å². The molecule has 0 radical (unpaired) electrons. The number of nitrogens with zero attached hydrogens (tertiary/aromatic N) is 2. The molecule has 4 heteroatoms. The highest BCUT2D eigenvalue weighted by molar-refractivity contribution is 5.75. The lowest BCUT2D eigenvalue weighted by atomic mass is 10.0. The zero-order valence-corrected chi connectivity index (χ0v) is 12.3. The van der Waals surface area contributed by atoms with Crippen molar-refractivity contribution in [1.82, 2.24) is 9.80 Å². The minimum absolute atomic E-state index is 0.0548. The van der Waals surface area contributed by atoms with Crippen LogP contribution in [0.4, 0.5) is 0 Å². The lowest BCUT2D eigenvalue weighted by Gasteiger charge is -2.38. The molecule has 0 bridgehead atoms. The topological polar surface area (TPSA) is 32.8 Å². The van der Waals surface area contributed by atoms with Crippen molar-refractivity contribution in [2.24, 2.45) is 0 Å². The minimum atomic E-state index is -0.0663. The fourth-order valence-corrected chi connectivity index (χ4v) is 2.66. The summed E-state index contributed by atoms with van der Waals surface area (Å²) in [4.78, 5) is 16.6. The molecule has 1 aliphatic heterocycles. The predicted octanol–water partition coefficient (Wildman–Crippen LogP) is 1.74. The second kappa shape index (κ2) is 7.74. The molecule has 1 atom stereocenters. The Morgan fingerprint density at radius 2 is 2.00 bits per heavy atom. The third-order valence-corrected chi connectivity index (χ3v) is 3.88. The number of piperidine rings is 1. The maximum atomic E-state index is 12.0. The first-order valence-corrected chi connectivity index (χ1v) is 7.17. The Bertz CT molecular complexity index is 250. The summed E-state index contributed by atoms with van der Waals surface area (Å²) in [6, 6.07) is 0.450. The van der Waals surface area contributed by atoms with E-state index in [1.165, 1.54) is 0 Å². The van der Waals surface area contributed by atoms with Crippen molar-refractivity contribution in [3.63, 3.8) is 0 Å². The average molecular weight is 256 g/mol. The van der Waals surface area contributed by atoms with Crippen LogP contribution in [0.5, 0.6) is 0 Å². The molecule has 1 rings (SSSR count). The zero-order valence-electron chi connectivity index (χ0n) is 12.3. The average Bonchev–Trinajstić information content (AvgIpc) is 2.36. The fraction of sp³-hybridized carbons (Fsp3) is 0.929. The Labute approximate surface area is 111 Å². The SMILES string of the molecule is CCCC(C(=O)OCC)N(C)C1CCN(C)CC1. The second-order valence-electron chi connectivity index (χ2n) is 5.26. The van der Waals surface area contributed by atoms with Gasteiger partial charge in [0.05, 0.1) is 6.61 Å². The lowest BCUT2D eigenvalue weighted by molar-refractivity contribution is -0.150. The molecule has 0 spiro atoms. The van der Waals surface area contributed by atoms with Crippen LogP contribution < -0.4 is 0 Å². The van der Waals surface area contributed by atoms with Gasteiger partial charge in [-0.2, -0.15) is 0 Å². The summed E-state index contributed by atoms with van der Waals surface area (Å²) in [5, 5.41) is 0. The quantitative estimate of drug-likeness (QED) is 0.678. The summed E-state index contributed by atoms with van der Waals surface area (Å²) in [5.41, 5.74) is 0. The van der Waals surface area contributed by atoms with Crippen molar-refractivity contribution in [2.75, 3.05) is 33.8 Å². The third-order valence-electron chi connectivity index (χ3n) is 3.88. The molecular weight excluding hydrogens is 228 g/mol. The van der Waals surface area contributed by atoms with Gasteiger partial charge in [-0.1, -0.05) is 13.3 Å². The number of rotatable bonds is 6. The van der Waals surface area contributed by atoms with Gasteiger partial charge in [-0.15, -0.1) is 0 Å². The van der Waals surface area contributed by atoms with Crippen LogP contribution in [0.1, 0.15) is 39.5 Å². The van der Waals surface area contributed by atoms with Gasteiger partial charge in [0.25, 0.3) is 0 Å². The molecule has 0 amide bonds. The normalized spacial score (nSPS) is 20.1. The Balaban J connectivity index is 2.58. The van der Waals surface area contributed by atoms with E-state index in [2.05, 4.69) is 30.8 Å². The number of esters is 1. The van der Waals surface area contributed by atoms with Gasteiger partial charge >= 0.3 is 5.97 Å².